The smallest absolute Gasteiger partial charge is 0.254 e. The number of carbonyl (C=O) groups is 1. The number of amides is 1. The van der Waals surface area contributed by atoms with Crippen LogP contribution >= 0.6 is 0 Å². The summed E-state index contributed by atoms with van der Waals surface area (Å²) in [5, 5.41) is 3.71. The van der Waals surface area contributed by atoms with Crippen molar-refractivity contribution < 1.29 is 9.53 Å². The van der Waals surface area contributed by atoms with Gasteiger partial charge in [0.25, 0.3) is 5.91 Å². The first-order valence-electron chi connectivity index (χ1n) is 10.6. The van der Waals surface area contributed by atoms with E-state index in [-0.39, 0.29) is 12.1 Å². The van der Waals surface area contributed by atoms with E-state index in [9.17, 15) is 4.79 Å². The number of fused-ring (bicyclic) bond motifs is 1. The molecule has 1 unspecified atom stereocenters. The number of aromatic nitrogens is 1. The molecule has 1 aromatic carbocycles. The number of aryl methyl sites for hydroxylation is 1. The van der Waals surface area contributed by atoms with Gasteiger partial charge in [0.15, 0.2) is 0 Å². The van der Waals surface area contributed by atoms with Gasteiger partial charge in [-0.3, -0.25) is 14.7 Å². The van der Waals surface area contributed by atoms with Gasteiger partial charge in [-0.2, -0.15) is 0 Å². The second-order valence-corrected chi connectivity index (χ2v) is 7.89. The molecule has 29 heavy (non-hydrogen) atoms. The molecule has 2 aliphatic heterocycles. The molecule has 0 bridgehead atoms. The van der Waals surface area contributed by atoms with Crippen molar-refractivity contribution in [2.24, 2.45) is 0 Å². The molecule has 1 saturated heterocycles. The van der Waals surface area contributed by atoms with Gasteiger partial charge in [-0.1, -0.05) is 19.4 Å². The normalized spacial score (nSPS) is 18.0. The number of anilines is 1. The Morgan fingerprint density at radius 1 is 1.28 bits per heavy atom. The maximum absolute atomic E-state index is 12.8. The predicted molar refractivity (Wildman–Crippen MR) is 114 cm³/mol. The molecule has 0 aliphatic carbocycles. The number of nitrogens with one attached hydrogen (secondary N) is 1. The highest BCUT2D eigenvalue weighted by Gasteiger charge is 2.30. The molecule has 1 N–H and O–H groups in total. The van der Waals surface area contributed by atoms with Crippen LogP contribution in [0.2, 0.25) is 0 Å². The third kappa shape index (κ3) is 4.28. The van der Waals surface area contributed by atoms with E-state index in [1.54, 1.807) is 6.20 Å². The van der Waals surface area contributed by atoms with Crippen molar-refractivity contribution in [3.63, 3.8) is 0 Å². The van der Waals surface area contributed by atoms with E-state index in [0.717, 1.165) is 73.6 Å². The molecule has 4 rings (SSSR count). The molecule has 1 amide bonds. The highest BCUT2D eigenvalue weighted by molar-refractivity contribution is 6.00. The Morgan fingerprint density at radius 2 is 2.10 bits per heavy atom. The lowest BCUT2D eigenvalue weighted by atomic mass is 10.0. The maximum atomic E-state index is 12.8. The summed E-state index contributed by atoms with van der Waals surface area (Å²) in [4.78, 5) is 21.5. The van der Waals surface area contributed by atoms with Crippen molar-refractivity contribution in [1.82, 2.24) is 14.8 Å². The molecular weight excluding hydrogens is 364 g/mol. The minimum absolute atomic E-state index is 0.0262. The highest BCUT2D eigenvalue weighted by atomic mass is 16.5. The highest BCUT2D eigenvalue weighted by Crippen LogP contribution is 2.32. The summed E-state index contributed by atoms with van der Waals surface area (Å²) in [6.45, 7) is 8.97. The largest absolute Gasteiger partial charge is 0.379 e. The van der Waals surface area contributed by atoms with Crippen LogP contribution in [-0.4, -0.2) is 53.5 Å². The number of ether oxygens (including phenoxy) is 1. The summed E-state index contributed by atoms with van der Waals surface area (Å²) >= 11 is 0. The van der Waals surface area contributed by atoms with Crippen molar-refractivity contribution in [1.29, 1.82) is 0 Å². The number of rotatable bonds is 7. The summed E-state index contributed by atoms with van der Waals surface area (Å²) in [6, 6.07) is 8.33. The summed E-state index contributed by atoms with van der Waals surface area (Å²) in [5.74, 6) is 0.175. The molecule has 1 aromatic heterocycles. The summed E-state index contributed by atoms with van der Waals surface area (Å²) in [5.41, 5.74) is 5.23. The number of pyridine rings is 1. The fourth-order valence-electron chi connectivity index (χ4n) is 4.26. The zero-order valence-corrected chi connectivity index (χ0v) is 17.4. The Labute approximate surface area is 172 Å². The van der Waals surface area contributed by atoms with Crippen LogP contribution in [0.1, 0.15) is 53.0 Å². The molecule has 0 spiro atoms. The van der Waals surface area contributed by atoms with Gasteiger partial charge in [-0.05, 0) is 42.7 Å². The first-order chi connectivity index (χ1) is 14.2. The Balaban J connectivity index is 1.59. The average molecular weight is 395 g/mol. The minimum Gasteiger partial charge on any atom is -0.379 e. The zero-order valence-electron chi connectivity index (χ0n) is 17.4. The second kappa shape index (κ2) is 8.93. The standard InChI is InChI=1S/C23H30N4O2/c1-3-4-8-27-16-19-14-20(13-17(2)21(19)23(27)28)25-22(18-6-5-7-24-15-18)26-9-11-29-12-10-26/h5-7,13-15,22,25H,3-4,8-12,16H2,1-2H3. The molecule has 1 fully saturated rings. The van der Waals surface area contributed by atoms with Crippen LogP contribution in [0.4, 0.5) is 5.69 Å². The average Bonchev–Trinajstić information content (AvgIpc) is 3.07. The number of hydrogen-bond acceptors (Lipinski definition) is 5. The molecule has 6 nitrogen and oxygen atoms in total. The minimum atomic E-state index is 0.0262. The molecule has 2 aromatic rings. The van der Waals surface area contributed by atoms with Crippen molar-refractivity contribution in [3.8, 4) is 0 Å². The number of carbonyl (C=O) groups excluding carboxylic acids is 1. The summed E-state index contributed by atoms with van der Waals surface area (Å²) in [7, 11) is 0. The molecule has 6 heteroatoms. The van der Waals surface area contributed by atoms with Crippen molar-refractivity contribution in [2.75, 3.05) is 38.2 Å². The Bertz CT molecular complexity index is 849. The van der Waals surface area contributed by atoms with Gasteiger partial charge in [0, 0.05) is 55.4 Å². The van der Waals surface area contributed by atoms with Gasteiger partial charge >= 0.3 is 0 Å². The van der Waals surface area contributed by atoms with Crippen molar-refractivity contribution in [3.05, 3.63) is 58.9 Å². The van der Waals surface area contributed by atoms with Crippen LogP contribution in [-0.2, 0) is 11.3 Å². The van der Waals surface area contributed by atoms with E-state index < -0.39 is 0 Å². The number of hydrogen-bond donors (Lipinski definition) is 1. The van der Waals surface area contributed by atoms with Crippen LogP contribution < -0.4 is 5.32 Å². The Morgan fingerprint density at radius 3 is 2.83 bits per heavy atom. The molecule has 1 atom stereocenters. The topological polar surface area (TPSA) is 57.7 Å². The van der Waals surface area contributed by atoms with E-state index >= 15 is 0 Å². The van der Waals surface area contributed by atoms with Crippen LogP contribution in [0.3, 0.4) is 0 Å². The van der Waals surface area contributed by atoms with Crippen LogP contribution in [0.5, 0.6) is 0 Å². The molecule has 0 radical (unpaired) electrons. The number of unbranched alkanes of at least 4 members (excludes halogenated alkanes) is 1. The van der Waals surface area contributed by atoms with E-state index in [2.05, 4.69) is 40.3 Å². The van der Waals surface area contributed by atoms with Crippen molar-refractivity contribution >= 4 is 11.6 Å². The predicted octanol–water partition coefficient (Wildman–Crippen LogP) is 3.59. The molecular formula is C23H30N4O2. The first kappa shape index (κ1) is 19.9. The van der Waals surface area contributed by atoms with Crippen LogP contribution in [0, 0.1) is 6.92 Å². The van der Waals surface area contributed by atoms with Crippen LogP contribution in [0.15, 0.2) is 36.7 Å². The van der Waals surface area contributed by atoms with Gasteiger partial charge in [0.2, 0.25) is 0 Å². The maximum Gasteiger partial charge on any atom is 0.254 e. The quantitative estimate of drug-likeness (QED) is 0.778. The second-order valence-electron chi connectivity index (χ2n) is 7.89. The molecule has 2 aliphatic rings. The lowest BCUT2D eigenvalue weighted by molar-refractivity contribution is 0.0216. The van der Waals surface area contributed by atoms with Crippen LogP contribution in [0.25, 0.3) is 0 Å². The monoisotopic (exact) mass is 394 g/mol. The Hall–Kier alpha value is -2.44. The summed E-state index contributed by atoms with van der Waals surface area (Å²) < 4.78 is 5.54. The van der Waals surface area contributed by atoms with E-state index in [4.69, 9.17) is 4.74 Å². The fraction of sp³-hybridized carbons (Fsp3) is 0.478. The van der Waals surface area contributed by atoms with E-state index in [0.29, 0.717) is 6.54 Å². The van der Waals surface area contributed by atoms with Gasteiger partial charge in [-0.25, -0.2) is 0 Å². The third-order valence-corrected chi connectivity index (χ3v) is 5.78. The summed E-state index contributed by atoms with van der Waals surface area (Å²) in [6.07, 6.45) is 5.89. The lowest BCUT2D eigenvalue weighted by Gasteiger charge is -2.35. The third-order valence-electron chi connectivity index (χ3n) is 5.78. The van der Waals surface area contributed by atoms with Gasteiger partial charge < -0.3 is 15.0 Å². The number of benzene rings is 1. The molecule has 0 saturated carbocycles. The van der Waals surface area contributed by atoms with Gasteiger partial charge in [0.1, 0.15) is 6.17 Å². The Kier molecular flexibility index (Phi) is 6.11. The lowest BCUT2D eigenvalue weighted by Crippen LogP contribution is -2.42. The SMILES string of the molecule is CCCCN1Cc2cc(NC(c3cccnc3)N3CCOCC3)cc(C)c2C1=O. The zero-order chi connectivity index (χ0) is 20.2. The van der Waals surface area contributed by atoms with E-state index in [1.807, 2.05) is 24.1 Å². The molecule has 3 heterocycles. The van der Waals surface area contributed by atoms with Gasteiger partial charge in [0.05, 0.1) is 13.2 Å². The number of nitrogens with zero attached hydrogens (tertiary/aromatic N) is 3. The molecule has 154 valence electrons. The first-order valence-corrected chi connectivity index (χ1v) is 10.6. The number of morpholine rings is 1. The van der Waals surface area contributed by atoms with Crippen molar-refractivity contribution in [2.45, 2.75) is 39.4 Å². The van der Waals surface area contributed by atoms with Gasteiger partial charge in [-0.15, -0.1) is 0 Å². The fourth-order valence-corrected chi connectivity index (χ4v) is 4.26. The van der Waals surface area contributed by atoms with E-state index in [1.165, 1.54) is 0 Å².